The summed E-state index contributed by atoms with van der Waals surface area (Å²) >= 11 is 0. The molecule has 0 aliphatic heterocycles. The minimum absolute atomic E-state index is 0.0668. The van der Waals surface area contributed by atoms with Gasteiger partial charge in [-0.15, -0.1) is 0 Å². The number of rotatable bonds is 6. The lowest BCUT2D eigenvalue weighted by atomic mass is 9.85. The zero-order valence-corrected chi connectivity index (χ0v) is 26.0. The van der Waals surface area contributed by atoms with Crippen LogP contribution in [0.1, 0.15) is 43.7 Å². The van der Waals surface area contributed by atoms with E-state index >= 15 is 0 Å². The van der Waals surface area contributed by atoms with E-state index in [0.717, 1.165) is 44.5 Å². The van der Waals surface area contributed by atoms with Crippen molar-refractivity contribution in [3.8, 4) is 23.3 Å². The van der Waals surface area contributed by atoms with Crippen molar-refractivity contribution in [1.29, 1.82) is 10.5 Å². The number of ketones is 1. The minimum atomic E-state index is -0.184. The van der Waals surface area contributed by atoms with Crippen LogP contribution in [0.5, 0.6) is 0 Å². The quantitative estimate of drug-likeness (QED) is 0.107. The second-order valence-corrected chi connectivity index (χ2v) is 11.5. The van der Waals surface area contributed by atoms with Crippen LogP contribution in [-0.4, -0.2) is 5.78 Å². The van der Waals surface area contributed by atoms with Gasteiger partial charge >= 0.3 is 0 Å². The Morgan fingerprint density at radius 3 is 1.31 bits per heavy atom. The SMILES string of the molecule is N#CC(C#N)=C1/C(=C/c2ccc(-c3ccc(C(=C(c4ccccc4)c4ccccc4)c4ccccc4)cc3)cc2)C(=O)c2ccccc21. The lowest BCUT2D eigenvalue weighted by molar-refractivity contribution is 0.104. The molecule has 0 N–H and O–H groups in total. The Hall–Kier alpha value is -6.81. The van der Waals surface area contributed by atoms with Crippen molar-refractivity contribution in [1.82, 2.24) is 0 Å². The number of hydrogen-bond donors (Lipinski definition) is 0. The molecule has 3 nitrogen and oxygen atoms in total. The number of nitriles is 2. The molecular weight excluding hydrogens is 585 g/mol. The van der Waals surface area contributed by atoms with E-state index in [0.29, 0.717) is 22.3 Å². The summed E-state index contributed by atoms with van der Waals surface area (Å²) in [6.45, 7) is 0. The number of fused-ring (bicyclic) bond motifs is 1. The molecule has 0 fully saturated rings. The van der Waals surface area contributed by atoms with Crippen molar-refractivity contribution in [2.75, 3.05) is 0 Å². The third-order valence-electron chi connectivity index (χ3n) is 8.59. The molecule has 6 aromatic carbocycles. The standard InChI is InChI=1S/C45H28N2O/c46-29-38(30-47)44-39-18-10-11-19-40(39)45(48)41(44)28-31-20-22-32(23-21-31)33-24-26-37(27-25-33)43(36-16-8-3-9-17-36)42(34-12-4-1-5-13-34)35-14-6-2-7-15-35/h1-28H/b41-28-. The molecule has 0 saturated heterocycles. The van der Waals surface area contributed by atoms with E-state index in [-0.39, 0.29) is 11.4 Å². The maximum absolute atomic E-state index is 13.3. The molecule has 0 heterocycles. The predicted octanol–water partition coefficient (Wildman–Crippen LogP) is 10.4. The van der Waals surface area contributed by atoms with Gasteiger partial charge < -0.3 is 0 Å². The molecule has 6 aromatic rings. The summed E-state index contributed by atoms with van der Waals surface area (Å²) in [6, 6.07) is 59.2. The van der Waals surface area contributed by atoms with E-state index in [1.165, 1.54) is 5.57 Å². The molecule has 0 amide bonds. The highest BCUT2D eigenvalue weighted by molar-refractivity contribution is 6.29. The van der Waals surface area contributed by atoms with Gasteiger partial charge in [0.25, 0.3) is 0 Å². The van der Waals surface area contributed by atoms with E-state index in [4.69, 9.17) is 0 Å². The van der Waals surface area contributed by atoms with Crippen molar-refractivity contribution < 1.29 is 4.79 Å². The molecule has 1 aliphatic carbocycles. The number of benzene rings is 6. The van der Waals surface area contributed by atoms with Gasteiger partial charge in [-0.2, -0.15) is 10.5 Å². The van der Waals surface area contributed by atoms with Crippen molar-refractivity contribution in [3.63, 3.8) is 0 Å². The fraction of sp³-hybridized carbons (Fsp3) is 0. The lowest BCUT2D eigenvalue weighted by Crippen LogP contribution is -1.97. The van der Waals surface area contributed by atoms with Crippen molar-refractivity contribution in [3.05, 3.63) is 214 Å². The maximum atomic E-state index is 13.3. The van der Waals surface area contributed by atoms with Crippen LogP contribution in [0.2, 0.25) is 0 Å². The number of hydrogen-bond acceptors (Lipinski definition) is 3. The molecule has 1 aliphatic rings. The van der Waals surface area contributed by atoms with Gasteiger partial charge in [-0.3, -0.25) is 4.79 Å². The largest absolute Gasteiger partial charge is 0.289 e. The molecular formula is C45H28N2O. The summed E-state index contributed by atoms with van der Waals surface area (Å²) < 4.78 is 0. The van der Waals surface area contributed by atoms with Crippen LogP contribution in [0.15, 0.2) is 175 Å². The average Bonchev–Trinajstić information content (AvgIpc) is 3.43. The Balaban J connectivity index is 1.27. The van der Waals surface area contributed by atoms with E-state index in [1.54, 1.807) is 24.3 Å². The molecule has 0 bridgehead atoms. The Labute approximate surface area is 280 Å². The number of carbonyl (C=O) groups is 1. The second-order valence-electron chi connectivity index (χ2n) is 11.5. The smallest absolute Gasteiger partial charge is 0.194 e. The van der Waals surface area contributed by atoms with Crippen LogP contribution in [0.4, 0.5) is 0 Å². The van der Waals surface area contributed by atoms with Crippen molar-refractivity contribution in [2.24, 2.45) is 0 Å². The van der Waals surface area contributed by atoms with Crippen LogP contribution in [0, 0.1) is 22.7 Å². The van der Waals surface area contributed by atoms with Crippen LogP contribution in [0.3, 0.4) is 0 Å². The highest BCUT2D eigenvalue weighted by Gasteiger charge is 2.32. The van der Waals surface area contributed by atoms with Gasteiger partial charge in [0.1, 0.15) is 17.7 Å². The Bertz CT molecular complexity index is 2260. The van der Waals surface area contributed by atoms with E-state index in [9.17, 15) is 15.3 Å². The first-order valence-corrected chi connectivity index (χ1v) is 15.7. The minimum Gasteiger partial charge on any atom is -0.289 e. The first-order chi connectivity index (χ1) is 23.7. The summed E-state index contributed by atoms with van der Waals surface area (Å²) in [4.78, 5) is 13.3. The van der Waals surface area contributed by atoms with Gasteiger partial charge in [-0.1, -0.05) is 164 Å². The highest BCUT2D eigenvalue weighted by atomic mass is 16.1. The highest BCUT2D eigenvalue weighted by Crippen LogP contribution is 2.40. The number of allylic oxidation sites excluding steroid dienone is 3. The third kappa shape index (κ3) is 5.69. The zero-order valence-electron chi connectivity index (χ0n) is 26.0. The number of carbonyl (C=O) groups excluding carboxylic acids is 1. The Kier molecular flexibility index (Phi) is 8.26. The molecule has 7 rings (SSSR count). The number of nitrogens with zero attached hydrogens (tertiary/aromatic N) is 2. The first-order valence-electron chi connectivity index (χ1n) is 15.7. The fourth-order valence-corrected chi connectivity index (χ4v) is 6.34. The summed E-state index contributed by atoms with van der Waals surface area (Å²) in [7, 11) is 0. The van der Waals surface area contributed by atoms with Gasteiger partial charge in [0, 0.05) is 16.7 Å². The van der Waals surface area contributed by atoms with E-state index in [2.05, 4.69) is 97.1 Å². The molecule has 0 saturated carbocycles. The first kappa shape index (κ1) is 29.9. The molecule has 48 heavy (non-hydrogen) atoms. The van der Waals surface area contributed by atoms with Gasteiger partial charge in [0.05, 0.1) is 0 Å². The van der Waals surface area contributed by atoms with Crippen molar-refractivity contribution >= 4 is 28.6 Å². The summed E-state index contributed by atoms with van der Waals surface area (Å²) in [5.74, 6) is -0.184. The van der Waals surface area contributed by atoms with E-state index < -0.39 is 0 Å². The molecule has 0 aromatic heterocycles. The van der Waals surface area contributed by atoms with Gasteiger partial charge in [0.2, 0.25) is 0 Å². The van der Waals surface area contributed by atoms with Crippen LogP contribution < -0.4 is 0 Å². The summed E-state index contributed by atoms with van der Waals surface area (Å²) in [5, 5.41) is 19.3. The van der Waals surface area contributed by atoms with Gasteiger partial charge in [-0.25, -0.2) is 0 Å². The molecule has 0 radical (unpaired) electrons. The summed E-state index contributed by atoms with van der Waals surface area (Å²) in [6.07, 6.45) is 1.77. The molecule has 224 valence electrons. The van der Waals surface area contributed by atoms with Crippen LogP contribution >= 0.6 is 0 Å². The monoisotopic (exact) mass is 612 g/mol. The molecule has 0 atom stereocenters. The molecule has 0 spiro atoms. The van der Waals surface area contributed by atoms with Gasteiger partial charge in [0.15, 0.2) is 5.78 Å². The molecule has 3 heteroatoms. The second kappa shape index (κ2) is 13.3. The fourth-order valence-electron chi connectivity index (χ4n) is 6.34. The Morgan fingerprint density at radius 2 is 0.854 bits per heavy atom. The van der Waals surface area contributed by atoms with Crippen LogP contribution in [0.25, 0.3) is 33.9 Å². The normalized spacial score (nSPS) is 12.6. The predicted molar refractivity (Wildman–Crippen MR) is 193 cm³/mol. The molecule has 0 unspecified atom stereocenters. The van der Waals surface area contributed by atoms with Crippen molar-refractivity contribution in [2.45, 2.75) is 0 Å². The van der Waals surface area contributed by atoms with Gasteiger partial charge in [-0.05, 0) is 61.7 Å². The summed E-state index contributed by atoms with van der Waals surface area (Å²) in [5.41, 5.74) is 11.6. The number of Topliss-reactive ketones (excluding diaryl/α,β-unsaturated/α-hetero) is 1. The zero-order chi connectivity index (χ0) is 32.9. The lowest BCUT2D eigenvalue weighted by Gasteiger charge is -2.18. The van der Waals surface area contributed by atoms with E-state index in [1.807, 2.05) is 60.7 Å². The average molecular weight is 613 g/mol. The third-order valence-corrected chi connectivity index (χ3v) is 8.59. The Morgan fingerprint density at radius 1 is 0.458 bits per heavy atom. The van der Waals surface area contributed by atoms with Crippen LogP contribution in [-0.2, 0) is 0 Å². The topological polar surface area (TPSA) is 64.7 Å². The maximum Gasteiger partial charge on any atom is 0.194 e.